The first-order valence-electron chi connectivity index (χ1n) is 15.5. The van der Waals surface area contributed by atoms with Crippen LogP contribution in [0.3, 0.4) is 0 Å². The molecule has 2 aromatic rings. The molecule has 5 N–H and O–H groups in total. The number of nitrogens with zero attached hydrogens (tertiary/aromatic N) is 2. The molecule has 0 saturated heterocycles. The molecule has 43 heavy (non-hydrogen) atoms. The van der Waals surface area contributed by atoms with Crippen LogP contribution in [0.15, 0.2) is 42.6 Å². The first-order valence-corrected chi connectivity index (χ1v) is 15.5. The third kappa shape index (κ3) is 10.5. The fourth-order valence-corrected chi connectivity index (χ4v) is 5.51. The molecule has 1 aromatic heterocycles. The number of carbonyl (C=O) groups excluding carboxylic acids is 3. The number of nitrogens with one attached hydrogen (secondary N) is 2. The molecule has 0 aliphatic heterocycles. The van der Waals surface area contributed by atoms with Crippen molar-refractivity contribution in [2.24, 2.45) is 17.6 Å². The minimum atomic E-state index is -0.681. The van der Waals surface area contributed by atoms with Crippen LogP contribution in [0.2, 0.25) is 0 Å². The van der Waals surface area contributed by atoms with Gasteiger partial charge in [0.05, 0.1) is 11.7 Å². The number of rotatable bonds is 16. The number of aryl methyl sites for hydroxylation is 1. The summed E-state index contributed by atoms with van der Waals surface area (Å²) in [6.07, 6.45) is 8.75. The van der Waals surface area contributed by atoms with E-state index < -0.39 is 18.0 Å². The molecule has 10 nitrogen and oxygen atoms in total. The Kier molecular flexibility index (Phi) is 13.3. The van der Waals surface area contributed by atoms with Gasteiger partial charge in [-0.25, -0.2) is 0 Å². The molecule has 0 spiro atoms. The maximum Gasteiger partial charge on any atom is 0.240 e. The monoisotopic (exact) mass is 595 g/mol. The minimum absolute atomic E-state index is 0.0109. The lowest BCUT2D eigenvalue weighted by atomic mass is 9.83. The number of hydrogen-bond acceptors (Lipinski definition) is 7. The summed E-state index contributed by atoms with van der Waals surface area (Å²) in [6, 6.07) is 9.55. The van der Waals surface area contributed by atoms with E-state index in [9.17, 15) is 19.5 Å². The van der Waals surface area contributed by atoms with Crippen molar-refractivity contribution >= 4 is 17.7 Å². The highest BCUT2D eigenvalue weighted by molar-refractivity contribution is 5.88. The molecular weight excluding hydrogens is 546 g/mol. The molecule has 236 valence electrons. The number of aromatic nitrogens is 1. The van der Waals surface area contributed by atoms with Crippen LogP contribution < -0.4 is 21.1 Å². The molecule has 1 fully saturated rings. The number of primary amides is 1. The van der Waals surface area contributed by atoms with Crippen LogP contribution in [-0.2, 0) is 27.2 Å². The first-order chi connectivity index (χ1) is 20.6. The topological polar surface area (TPSA) is 147 Å². The lowest BCUT2D eigenvalue weighted by molar-refractivity contribution is -0.140. The summed E-state index contributed by atoms with van der Waals surface area (Å²) in [6.45, 7) is 6.48. The van der Waals surface area contributed by atoms with Gasteiger partial charge in [0.1, 0.15) is 23.6 Å². The third-order valence-electron chi connectivity index (χ3n) is 8.34. The van der Waals surface area contributed by atoms with Crippen LogP contribution in [0, 0.1) is 11.8 Å². The molecule has 3 amide bonds. The molecule has 1 aromatic carbocycles. The van der Waals surface area contributed by atoms with E-state index in [1.807, 2.05) is 38.1 Å². The van der Waals surface area contributed by atoms with Crippen LogP contribution in [0.1, 0.15) is 70.6 Å². The zero-order valence-corrected chi connectivity index (χ0v) is 26.1. The highest BCUT2D eigenvalue weighted by atomic mass is 16.5. The normalized spacial score (nSPS) is 16.5. The average Bonchev–Trinajstić information content (AvgIpc) is 3.00. The van der Waals surface area contributed by atoms with Crippen LogP contribution in [-0.4, -0.2) is 71.0 Å². The van der Waals surface area contributed by atoms with Crippen molar-refractivity contribution in [3.05, 3.63) is 53.9 Å². The number of ether oxygens (including phenoxy) is 1. The fraction of sp³-hybridized carbons (Fsp3) is 0.576. The van der Waals surface area contributed by atoms with Crippen molar-refractivity contribution in [1.29, 1.82) is 0 Å². The van der Waals surface area contributed by atoms with Crippen molar-refractivity contribution in [2.75, 3.05) is 20.1 Å². The van der Waals surface area contributed by atoms with E-state index in [4.69, 9.17) is 10.5 Å². The van der Waals surface area contributed by atoms with E-state index in [1.54, 1.807) is 32.3 Å². The first kappa shape index (κ1) is 33.8. The van der Waals surface area contributed by atoms with Gasteiger partial charge in [0.15, 0.2) is 0 Å². The van der Waals surface area contributed by atoms with Crippen LogP contribution >= 0.6 is 0 Å². The third-order valence-corrected chi connectivity index (χ3v) is 8.34. The van der Waals surface area contributed by atoms with Gasteiger partial charge in [0, 0.05) is 32.3 Å². The standard InChI is InChI=1S/C33H49N5O5/c1-22(20-25-14-16-27(39)17-15-25)32(41)36-19-8-12-28-29(13-9-18-35-28)43-23(2)21-37-30(26-10-6-5-7-11-26)33(42)38(4)24(3)31(34)40/h9,13-18,22-24,26,30,37,39H,5-8,10-12,19-21H2,1-4H3,(H2,34,40)(H,36,41)/t22?,23-,24-,30+/m1/s1. The number of phenolic OH excluding ortho intramolecular Hbond substituents is 1. The number of aromatic hydroxyl groups is 1. The molecule has 3 rings (SSSR count). The summed E-state index contributed by atoms with van der Waals surface area (Å²) in [5.74, 6) is 0.252. The molecule has 1 unspecified atom stereocenters. The molecule has 1 saturated carbocycles. The second-order valence-electron chi connectivity index (χ2n) is 11.9. The van der Waals surface area contributed by atoms with Crippen molar-refractivity contribution < 1.29 is 24.2 Å². The highest BCUT2D eigenvalue weighted by Gasteiger charge is 2.34. The SMILES string of the molecule is CC(Cc1ccc(O)cc1)C(=O)NCCCc1ncccc1O[C@H](C)CN[C@H](C(=O)N(C)[C@H](C)C(N)=O)C1CCCCC1. The maximum absolute atomic E-state index is 13.4. The Morgan fingerprint density at radius 1 is 1.09 bits per heavy atom. The summed E-state index contributed by atoms with van der Waals surface area (Å²) in [7, 11) is 1.63. The molecule has 1 aliphatic carbocycles. The van der Waals surface area contributed by atoms with Gasteiger partial charge < -0.3 is 31.1 Å². The Balaban J connectivity index is 1.50. The Morgan fingerprint density at radius 2 is 1.79 bits per heavy atom. The van der Waals surface area contributed by atoms with Gasteiger partial charge in [-0.1, -0.05) is 38.3 Å². The van der Waals surface area contributed by atoms with Crippen molar-refractivity contribution in [3.8, 4) is 11.5 Å². The molecule has 1 heterocycles. The van der Waals surface area contributed by atoms with Gasteiger partial charge in [0.25, 0.3) is 0 Å². The number of benzene rings is 1. The van der Waals surface area contributed by atoms with E-state index in [2.05, 4.69) is 15.6 Å². The Morgan fingerprint density at radius 3 is 2.47 bits per heavy atom. The van der Waals surface area contributed by atoms with Gasteiger partial charge in [-0.2, -0.15) is 0 Å². The van der Waals surface area contributed by atoms with Gasteiger partial charge in [-0.3, -0.25) is 19.4 Å². The van der Waals surface area contributed by atoms with Gasteiger partial charge >= 0.3 is 0 Å². The Hall–Kier alpha value is -3.66. The van der Waals surface area contributed by atoms with Crippen LogP contribution in [0.5, 0.6) is 11.5 Å². The van der Waals surface area contributed by atoms with Crippen molar-refractivity contribution in [2.45, 2.75) is 90.3 Å². The maximum atomic E-state index is 13.4. The minimum Gasteiger partial charge on any atom is -0.508 e. The number of amides is 3. The van der Waals surface area contributed by atoms with E-state index in [1.165, 1.54) is 11.3 Å². The van der Waals surface area contributed by atoms with E-state index in [0.717, 1.165) is 36.9 Å². The summed E-state index contributed by atoms with van der Waals surface area (Å²) in [5, 5.41) is 15.9. The average molecular weight is 596 g/mol. The van der Waals surface area contributed by atoms with Crippen LogP contribution in [0.25, 0.3) is 0 Å². The summed E-state index contributed by atoms with van der Waals surface area (Å²) < 4.78 is 6.27. The molecule has 0 radical (unpaired) electrons. The zero-order chi connectivity index (χ0) is 31.4. The van der Waals surface area contributed by atoms with Crippen LogP contribution in [0.4, 0.5) is 0 Å². The number of nitrogens with two attached hydrogens (primary N) is 1. The zero-order valence-electron chi connectivity index (χ0n) is 26.1. The van der Waals surface area contributed by atoms with Crippen molar-refractivity contribution in [3.63, 3.8) is 0 Å². The summed E-state index contributed by atoms with van der Waals surface area (Å²) in [4.78, 5) is 43.7. The largest absolute Gasteiger partial charge is 0.508 e. The van der Waals surface area contributed by atoms with Gasteiger partial charge in [-0.15, -0.1) is 0 Å². The number of pyridine rings is 1. The molecule has 1 aliphatic rings. The quantitative estimate of drug-likeness (QED) is 0.218. The van der Waals surface area contributed by atoms with E-state index >= 15 is 0 Å². The fourth-order valence-electron chi connectivity index (χ4n) is 5.51. The molecule has 0 bridgehead atoms. The second kappa shape index (κ2) is 16.8. The van der Waals surface area contributed by atoms with E-state index in [0.29, 0.717) is 38.1 Å². The lowest BCUT2D eigenvalue weighted by Crippen LogP contribution is -2.55. The number of carbonyl (C=O) groups is 3. The predicted octanol–water partition coefficient (Wildman–Crippen LogP) is 3.35. The molecule has 10 heteroatoms. The van der Waals surface area contributed by atoms with Gasteiger partial charge in [-0.05, 0) is 81.7 Å². The summed E-state index contributed by atoms with van der Waals surface area (Å²) >= 11 is 0. The van der Waals surface area contributed by atoms with Crippen molar-refractivity contribution in [1.82, 2.24) is 20.5 Å². The van der Waals surface area contributed by atoms with Gasteiger partial charge in [0.2, 0.25) is 17.7 Å². The lowest BCUT2D eigenvalue weighted by Gasteiger charge is -2.35. The molecule has 4 atom stereocenters. The molecular formula is C33H49N5O5. The highest BCUT2D eigenvalue weighted by Crippen LogP contribution is 2.28. The number of phenols is 1. The smallest absolute Gasteiger partial charge is 0.240 e. The number of hydrogen-bond donors (Lipinski definition) is 4. The Labute approximate surface area is 255 Å². The number of likely N-dealkylation sites (N-methyl/N-ethyl adjacent to an activating group) is 1. The predicted molar refractivity (Wildman–Crippen MR) is 166 cm³/mol. The Bertz CT molecular complexity index is 1180. The van der Waals surface area contributed by atoms with E-state index in [-0.39, 0.29) is 35.5 Å². The second-order valence-corrected chi connectivity index (χ2v) is 11.9. The summed E-state index contributed by atoms with van der Waals surface area (Å²) in [5.41, 5.74) is 7.29.